The Morgan fingerprint density at radius 2 is 1.70 bits per heavy atom. The summed E-state index contributed by atoms with van der Waals surface area (Å²) in [6, 6.07) is 12.0. The molecule has 1 N–H and O–H groups in total. The van der Waals surface area contributed by atoms with E-state index in [1.807, 2.05) is 44.2 Å². The van der Waals surface area contributed by atoms with Gasteiger partial charge in [-0.3, -0.25) is 9.59 Å². The number of ether oxygens (including phenoxy) is 2. The van der Waals surface area contributed by atoms with E-state index in [-0.39, 0.29) is 11.3 Å². The van der Waals surface area contributed by atoms with Crippen LogP contribution in [0.5, 0.6) is 11.5 Å². The van der Waals surface area contributed by atoms with Crippen molar-refractivity contribution in [3.8, 4) is 11.5 Å². The van der Waals surface area contributed by atoms with Crippen LogP contribution in [-0.4, -0.2) is 66.0 Å². The Morgan fingerprint density at radius 3 is 2.30 bits per heavy atom. The number of carbonyl (C=O) groups excluding carboxylic acids is 2. The van der Waals surface area contributed by atoms with E-state index < -0.39 is 17.7 Å². The molecule has 1 heterocycles. The number of aliphatic hydroxyl groups excluding tert-OH is 1. The van der Waals surface area contributed by atoms with Crippen LogP contribution in [-0.2, 0) is 9.59 Å². The van der Waals surface area contributed by atoms with Gasteiger partial charge >= 0.3 is 0 Å². The van der Waals surface area contributed by atoms with Gasteiger partial charge in [0.25, 0.3) is 11.7 Å². The van der Waals surface area contributed by atoms with Crippen molar-refractivity contribution in [2.24, 2.45) is 0 Å². The average Bonchev–Trinajstić information content (AvgIpc) is 3.15. The molecule has 1 aliphatic rings. The van der Waals surface area contributed by atoms with E-state index in [0.717, 1.165) is 42.8 Å². The molecule has 3 rings (SSSR count). The number of unbranched alkanes of at least 4 members (excludes halogenated alkanes) is 1. The van der Waals surface area contributed by atoms with Gasteiger partial charge in [0, 0.05) is 18.7 Å². The van der Waals surface area contributed by atoms with Gasteiger partial charge in [0.05, 0.1) is 24.8 Å². The summed E-state index contributed by atoms with van der Waals surface area (Å²) < 4.78 is 11.4. The average molecular weight is 509 g/mol. The fourth-order valence-corrected chi connectivity index (χ4v) is 4.60. The molecule has 1 saturated heterocycles. The van der Waals surface area contributed by atoms with Gasteiger partial charge in [-0.2, -0.15) is 0 Å². The third-order valence-electron chi connectivity index (χ3n) is 6.80. The van der Waals surface area contributed by atoms with Crippen LogP contribution >= 0.6 is 0 Å². The van der Waals surface area contributed by atoms with E-state index in [0.29, 0.717) is 37.6 Å². The van der Waals surface area contributed by atoms with E-state index in [4.69, 9.17) is 9.47 Å². The van der Waals surface area contributed by atoms with Crippen LogP contribution in [0, 0.1) is 6.92 Å². The number of rotatable bonds is 13. The lowest BCUT2D eigenvalue weighted by Gasteiger charge is -2.28. The Labute approximate surface area is 220 Å². The van der Waals surface area contributed by atoms with Gasteiger partial charge in [0.15, 0.2) is 0 Å². The summed E-state index contributed by atoms with van der Waals surface area (Å²) in [5.74, 6) is 0.0137. The molecule has 1 amide bonds. The molecule has 0 spiro atoms. The zero-order valence-electron chi connectivity index (χ0n) is 22.8. The van der Waals surface area contributed by atoms with Crippen molar-refractivity contribution in [1.82, 2.24) is 9.80 Å². The van der Waals surface area contributed by atoms with Crippen molar-refractivity contribution < 1.29 is 24.2 Å². The molecule has 1 unspecified atom stereocenters. The van der Waals surface area contributed by atoms with Crippen molar-refractivity contribution in [3.63, 3.8) is 0 Å². The number of amides is 1. The van der Waals surface area contributed by atoms with Gasteiger partial charge in [-0.25, -0.2) is 0 Å². The molecule has 0 bridgehead atoms. The molecular weight excluding hydrogens is 468 g/mol. The van der Waals surface area contributed by atoms with Gasteiger partial charge in [-0.15, -0.1) is 0 Å². The van der Waals surface area contributed by atoms with Crippen LogP contribution in [0.1, 0.15) is 63.3 Å². The van der Waals surface area contributed by atoms with Crippen LogP contribution in [0.25, 0.3) is 5.76 Å². The fourth-order valence-electron chi connectivity index (χ4n) is 4.60. The number of aryl methyl sites for hydroxylation is 1. The maximum Gasteiger partial charge on any atom is 0.295 e. The Bertz CT molecular complexity index is 1110. The number of likely N-dealkylation sites (N-methyl/N-ethyl adjacent to an activating group) is 1. The standard InChI is InChI=1S/C30H40N2O5/c1-6-10-19-37-25-16-13-23(20-21(25)5)28(33)26-27(22-11-14-24(15-12-22)36-9-4)32(30(35)29(26)34)18-17-31(7-2)8-3/h11-16,20,27,33H,6-10,17-19H2,1-5H3/b28-26-. The Hall–Kier alpha value is -3.32. The molecule has 0 aliphatic carbocycles. The molecule has 0 saturated carbocycles. The summed E-state index contributed by atoms with van der Waals surface area (Å²) in [5.41, 5.74) is 2.19. The van der Waals surface area contributed by atoms with Crippen molar-refractivity contribution in [1.29, 1.82) is 0 Å². The first kappa shape index (κ1) is 28.3. The zero-order chi connectivity index (χ0) is 26.9. The second-order valence-electron chi connectivity index (χ2n) is 9.20. The van der Waals surface area contributed by atoms with Crippen LogP contribution in [0.2, 0.25) is 0 Å². The summed E-state index contributed by atoms with van der Waals surface area (Å²) in [7, 11) is 0. The maximum atomic E-state index is 13.3. The zero-order valence-corrected chi connectivity index (χ0v) is 22.8. The quantitative estimate of drug-likeness (QED) is 0.170. The van der Waals surface area contributed by atoms with Crippen LogP contribution in [0.15, 0.2) is 48.0 Å². The molecule has 1 atom stereocenters. The normalized spacial score (nSPS) is 17.0. The highest BCUT2D eigenvalue weighted by molar-refractivity contribution is 6.46. The number of hydrogen-bond donors (Lipinski definition) is 1. The first-order valence-corrected chi connectivity index (χ1v) is 13.3. The minimum absolute atomic E-state index is 0.104. The highest BCUT2D eigenvalue weighted by Gasteiger charge is 2.46. The topological polar surface area (TPSA) is 79.3 Å². The molecule has 7 heteroatoms. The van der Waals surface area contributed by atoms with Gasteiger partial charge in [0.1, 0.15) is 17.3 Å². The monoisotopic (exact) mass is 508 g/mol. The van der Waals surface area contributed by atoms with E-state index in [9.17, 15) is 14.7 Å². The first-order valence-electron chi connectivity index (χ1n) is 13.3. The SMILES string of the molecule is CCCCOc1ccc(/C(O)=C2/C(=O)C(=O)N(CCN(CC)CC)C2c2ccc(OCC)cc2)cc1C. The molecule has 7 nitrogen and oxygen atoms in total. The smallest absolute Gasteiger partial charge is 0.295 e. The molecule has 2 aromatic carbocycles. The largest absolute Gasteiger partial charge is 0.507 e. The number of benzene rings is 2. The lowest BCUT2D eigenvalue weighted by Crippen LogP contribution is -2.38. The summed E-state index contributed by atoms with van der Waals surface area (Å²) >= 11 is 0. The van der Waals surface area contributed by atoms with Crippen molar-refractivity contribution in [2.75, 3.05) is 39.4 Å². The summed E-state index contributed by atoms with van der Waals surface area (Å²) in [4.78, 5) is 30.3. The molecule has 200 valence electrons. The molecule has 0 radical (unpaired) electrons. The molecule has 37 heavy (non-hydrogen) atoms. The minimum Gasteiger partial charge on any atom is -0.507 e. The number of likely N-dealkylation sites (tertiary alicyclic amines) is 1. The van der Waals surface area contributed by atoms with Gasteiger partial charge in [-0.1, -0.05) is 39.3 Å². The number of ketones is 1. The number of Topliss-reactive ketones (excluding diaryl/α,β-unsaturated/α-hetero) is 1. The second-order valence-corrected chi connectivity index (χ2v) is 9.20. The Kier molecular flexibility index (Phi) is 10.1. The second kappa shape index (κ2) is 13.3. The van der Waals surface area contributed by atoms with Crippen molar-refractivity contribution >= 4 is 17.4 Å². The molecular formula is C30H40N2O5. The summed E-state index contributed by atoms with van der Waals surface area (Å²) in [5, 5.41) is 11.4. The number of nitrogens with zero attached hydrogens (tertiary/aromatic N) is 2. The van der Waals surface area contributed by atoms with E-state index in [2.05, 4.69) is 25.7 Å². The Balaban J connectivity index is 2.03. The molecule has 2 aromatic rings. The highest BCUT2D eigenvalue weighted by atomic mass is 16.5. The van der Waals surface area contributed by atoms with Crippen LogP contribution in [0.3, 0.4) is 0 Å². The highest BCUT2D eigenvalue weighted by Crippen LogP contribution is 2.40. The van der Waals surface area contributed by atoms with Crippen LogP contribution < -0.4 is 9.47 Å². The lowest BCUT2D eigenvalue weighted by molar-refractivity contribution is -0.140. The first-order chi connectivity index (χ1) is 17.9. The summed E-state index contributed by atoms with van der Waals surface area (Å²) in [6.45, 7) is 13.9. The van der Waals surface area contributed by atoms with E-state index in [1.54, 1.807) is 17.0 Å². The van der Waals surface area contributed by atoms with Gasteiger partial charge in [-0.05, 0) is 74.8 Å². The number of carbonyl (C=O) groups is 2. The minimum atomic E-state index is -0.688. The van der Waals surface area contributed by atoms with E-state index in [1.165, 1.54) is 0 Å². The third-order valence-corrected chi connectivity index (χ3v) is 6.80. The third kappa shape index (κ3) is 6.52. The van der Waals surface area contributed by atoms with E-state index >= 15 is 0 Å². The molecule has 1 aliphatic heterocycles. The van der Waals surface area contributed by atoms with Gasteiger partial charge in [0.2, 0.25) is 0 Å². The van der Waals surface area contributed by atoms with Gasteiger partial charge < -0.3 is 24.4 Å². The number of aliphatic hydroxyl groups is 1. The predicted octanol–water partition coefficient (Wildman–Crippen LogP) is 5.34. The Morgan fingerprint density at radius 1 is 1.00 bits per heavy atom. The van der Waals surface area contributed by atoms with Crippen molar-refractivity contribution in [3.05, 3.63) is 64.7 Å². The molecule has 1 fully saturated rings. The van der Waals surface area contributed by atoms with Crippen LogP contribution in [0.4, 0.5) is 0 Å². The lowest BCUT2D eigenvalue weighted by atomic mass is 9.94. The van der Waals surface area contributed by atoms with Crippen molar-refractivity contribution in [2.45, 2.75) is 53.5 Å². The molecule has 0 aromatic heterocycles. The summed E-state index contributed by atoms with van der Waals surface area (Å²) in [6.07, 6.45) is 2.00. The number of hydrogen-bond acceptors (Lipinski definition) is 6. The predicted molar refractivity (Wildman–Crippen MR) is 146 cm³/mol. The fraction of sp³-hybridized carbons (Fsp3) is 0.467. The maximum absolute atomic E-state index is 13.3.